The minimum absolute atomic E-state index is 0.0609. The third-order valence-electron chi connectivity index (χ3n) is 8.32. The smallest absolute Gasteiger partial charge is 0.161 e. The predicted octanol–water partition coefficient (Wildman–Crippen LogP) is 1.95. The Morgan fingerprint density at radius 1 is 1.18 bits per heavy atom. The normalized spacial score (nSPS) is 31.6. The Kier molecular flexibility index (Phi) is 7.39. The maximum Gasteiger partial charge on any atom is 0.161 e. The Morgan fingerprint density at radius 3 is 2.71 bits per heavy atom. The molecule has 4 aliphatic rings. The van der Waals surface area contributed by atoms with Crippen molar-refractivity contribution >= 4 is 11.5 Å². The van der Waals surface area contributed by atoms with Crippen molar-refractivity contribution in [3.05, 3.63) is 24.0 Å². The fourth-order valence-electron chi connectivity index (χ4n) is 6.41. The third-order valence-corrected chi connectivity index (χ3v) is 8.32. The van der Waals surface area contributed by atoms with Crippen LogP contribution in [-0.2, 0) is 4.79 Å². The summed E-state index contributed by atoms with van der Waals surface area (Å²) in [5.74, 6) is 1.00. The number of nitrogens with one attached hydrogen (secondary N) is 1. The van der Waals surface area contributed by atoms with Gasteiger partial charge in [-0.15, -0.1) is 0 Å². The van der Waals surface area contributed by atoms with Gasteiger partial charge in [0.25, 0.3) is 0 Å². The summed E-state index contributed by atoms with van der Waals surface area (Å²) in [5.41, 5.74) is 0.831. The predicted molar refractivity (Wildman–Crippen MR) is 128 cm³/mol. The number of aliphatic hydroxyl groups is 2. The number of carbonyl (C=O) groups is 1. The lowest BCUT2D eigenvalue weighted by molar-refractivity contribution is -0.132. The van der Waals surface area contributed by atoms with Gasteiger partial charge in [-0.2, -0.15) is 0 Å². The van der Waals surface area contributed by atoms with Crippen molar-refractivity contribution in [1.29, 1.82) is 0 Å². The number of carbonyl (C=O) groups excluding carboxylic acids is 1. The standard InChI is InChI=1S/C26H38FN3O4/c27-18-5-6-26(34-20-3-1-2-4-20)23(12-18)30-9-7-29(8-10-30)16-19(31)13-22-21-14-25(33)24(32)11-17(21)15-28-22/h5-6,12,17,19-22,24,28,31-32H,1-4,7-11,13-16H2. The molecule has 4 fully saturated rings. The average molecular weight is 476 g/mol. The van der Waals surface area contributed by atoms with Gasteiger partial charge in [0.15, 0.2) is 5.78 Å². The second-order valence-corrected chi connectivity index (χ2v) is 10.7. The highest BCUT2D eigenvalue weighted by molar-refractivity contribution is 5.84. The zero-order valence-electron chi connectivity index (χ0n) is 19.9. The van der Waals surface area contributed by atoms with E-state index in [4.69, 9.17) is 4.74 Å². The number of nitrogens with zero attached hydrogens (tertiary/aromatic N) is 2. The average Bonchev–Trinajstić information content (AvgIpc) is 3.46. The van der Waals surface area contributed by atoms with E-state index in [0.717, 1.165) is 57.0 Å². The molecule has 2 heterocycles. The van der Waals surface area contributed by atoms with Gasteiger partial charge in [0.1, 0.15) is 17.7 Å². The molecule has 5 rings (SSSR count). The number of aliphatic hydroxyl groups excluding tert-OH is 2. The van der Waals surface area contributed by atoms with Crippen LogP contribution in [0.2, 0.25) is 0 Å². The number of fused-ring (bicyclic) bond motifs is 1. The molecule has 0 aromatic heterocycles. The van der Waals surface area contributed by atoms with Gasteiger partial charge in [-0.25, -0.2) is 4.39 Å². The Bertz CT molecular complexity index is 856. The molecule has 34 heavy (non-hydrogen) atoms. The highest BCUT2D eigenvalue weighted by atomic mass is 19.1. The number of β-amino-alcohol motifs (C(OH)–C–C–N with tert-alkyl or cyclic N) is 1. The molecule has 2 saturated carbocycles. The maximum absolute atomic E-state index is 14.1. The number of anilines is 1. The Hall–Kier alpha value is -1.74. The van der Waals surface area contributed by atoms with E-state index in [1.54, 1.807) is 12.1 Å². The van der Waals surface area contributed by atoms with Gasteiger partial charge < -0.3 is 25.2 Å². The molecule has 5 atom stereocenters. The molecule has 0 radical (unpaired) electrons. The molecule has 1 aromatic rings. The lowest BCUT2D eigenvalue weighted by atomic mass is 9.75. The van der Waals surface area contributed by atoms with Crippen LogP contribution in [-0.4, -0.2) is 84.5 Å². The second-order valence-electron chi connectivity index (χ2n) is 10.7. The second kappa shape index (κ2) is 10.5. The number of ketones is 1. The fraction of sp³-hybridized carbons (Fsp3) is 0.731. The number of hydrogen-bond donors (Lipinski definition) is 3. The van der Waals surface area contributed by atoms with Crippen molar-refractivity contribution in [2.75, 3.05) is 44.2 Å². The van der Waals surface area contributed by atoms with Gasteiger partial charge in [-0.1, -0.05) is 0 Å². The van der Waals surface area contributed by atoms with E-state index >= 15 is 0 Å². The molecule has 7 nitrogen and oxygen atoms in total. The molecule has 0 bridgehead atoms. The highest BCUT2D eigenvalue weighted by Gasteiger charge is 2.43. The summed E-state index contributed by atoms with van der Waals surface area (Å²) in [7, 11) is 0. The first-order chi connectivity index (χ1) is 16.5. The van der Waals surface area contributed by atoms with Gasteiger partial charge in [0.2, 0.25) is 0 Å². The molecule has 2 saturated heterocycles. The zero-order chi connectivity index (χ0) is 23.7. The number of rotatable bonds is 7. The van der Waals surface area contributed by atoms with E-state index in [9.17, 15) is 19.4 Å². The fourth-order valence-corrected chi connectivity index (χ4v) is 6.41. The van der Waals surface area contributed by atoms with Crippen LogP contribution < -0.4 is 15.0 Å². The summed E-state index contributed by atoms with van der Waals surface area (Å²) in [6, 6.07) is 4.94. The first-order valence-electron chi connectivity index (χ1n) is 13.0. The number of Topliss-reactive ketones (excluding diaryl/α,β-unsaturated/α-hetero) is 1. The minimum atomic E-state index is -0.815. The van der Waals surface area contributed by atoms with E-state index in [0.29, 0.717) is 31.7 Å². The van der Waals surface area contributed by atoms with Crippen molar-refractivity contribution in [3.8, 4) is 5.75 Å². The summed E-state index contributed by atoms with van der Waals surface area (Å²) in [6.07, 6.45) is 5.02. The molecule has 5 unspecified atom stereocenters. The monoisotopic (exact) mass is 475 g/mol. The van der Waals surface area contributed by atoms with Crippen LogP contribution in [0.4, 0.5) is 10.1 Å². The van der Waals surface area contributed by atoms with Gasteiger partial charge in [-0.05, 0) is 69.0 Å². The molecule has 2 aliphatic heterocycles. The van der Waals surface area contributed by atoms with Gasteiger partial charge in [-0.3, -0.25) is 9.69 Å². The maximum atomic E-state index is 14.1. The molecule has 188 valence electrons. The number of piperazine rings is 1. The van der Waals surface area contributed by atoms with Crippen LogP contribution >= 0.6 is 0 Å². The lowest BCUT2D eigenvalue weighted by Crippen LogP contribution is -2.49. The number of hydrogen-bond acceptors (Lipinski definition) is 7. The van der Waals surface area contributed by atoms with Crippen molar-refractivity contribution in [1.82, 2.24) is 10.2 Å². The largest absolute Gasteiger partial charge is 0.488 e. The number of halogens is 1. The van der Waals surface area contributed by atoms with Crippen molar-refractivity contribution in [3.63, 3.8) is 0 Å². The molecule has 2 aliphatic carbocycles. The topological polar surface area (TPSA) is 85.3 Å². The summed E-state index contributed by atoms with van der Waals surface area (Å²) < 4.78 is 20.3. The van der Waals surface area contributed by atoms with E-state index < -0.39 is 12.2 Å². The molecular formula is C26H38FN3O4. The number of benzene rings is 1. The summed E-state index contributed by atoms with van der Waals surface area (Å²) in [6.45, 7) is 4.51. The highest BCUT2D eigenvalue weighted by Crippen LogP contribution is 2.37. The van der Waals surface area contributed by atoms with E-state index in [1.807, 2.05) is 0 Å². The van der Waals surface area contributed by atoms with Crippen LogP contribution in [0.5, 0.6) is 5.75 Å². The van der Waals surface area contributed by atoms with Crippen LogP contribution in [0, 0.1) is 17.7 Å². The zero-order valence-corrected chi connectivity index (χ0v) is 19.9. The van der Waals surface area contributed by atoms with Crippen LogP contribution in [0.3, 0.4) is 0 Å². The molecule has 8 heteroatoms. The molecule has 0 amide bonds. The van der Waals surface area contributed by atoms with Crippen molar-refractivity contribution in [2.24, 2.45) is 11.8 Å². The first-order valence-corrected chi connectivity index (χ1v) is 13.0. The number of ether oxygens (including phenoxy) is 1. The van der Waals surface area contributed by atoms with Crippen LogP contribution in [0.1, 0.15) is 44.9 Å². The first kappa shape index (κ1) is 24.0. The van der Waals surface area contributed by atoms with Crippen LogP contribution in [0.15, 0.2) is 18.2 Å². The van der Waals surface area contributed by atoms with Crippen molar-refractivity contribution in [2.45, 2.75) is 69.3 Å². The SMILES string of the molecule is O=C1CC2C(CNC2CC(O)CN2CCN(c3cc(F)ccc3OC3CCCC3)CC2)CC1O. The molecular weight excluding hydrogens is 437 g/mol. The Labute approximate surface area is 201 Å². The van der Waals surface area contributed by atoms with Crippen molar-refractivity contribution < 1.29 is 24.1 Å². The Morgan fingerprint density at radius 2 is 1.94 bits per heavy atom. The summed E-state index contributed by atoms with van der Waals surface area (Å²) in [4.78, 5) is 16.4. The molecule has 0 spiro atoms. The quantitative estimate of drug-likeness (QED) is 0.556. The lowest BCUT2D eigenvalue weighted by Gasteiger charge is -2.38. The van der Waals surface area contributed by atoms with Crippen LogP contribution in [0.25, 0.3) is 0 Å². The van der Waals surface area contributed by atoms with E-state index in [1.165, 1.54) is 18.9 Å². The molecule has 1 aromatic carbocycles. The van der Waals surface area contributed by atoms with Gasteiger partial charge >= 0.3 is 0 Å². The molecule has 3 N–H and O–H groups in total. The summed E-state index contributed by atoms with van der Waals surface area (Å²) >= 11 is 0. The van der Waals surface area contributed by atoms with Gasteiger partial charge in [0.05, 0.1) is 17.9 Å². The van der Waals surface area contributed by atoms with Gasteiger partial charge in [0, 0.05) is 51.3 Å². The summed E-state index contributed by atoms with van der Waals surface area (Å²) in [5, 5.41) is 24.1. The third kappa shape index (κ3) is 5.40. The van der Waals surface area contributed by atoms with E-state index in [-0.39, 0.29) is 29.7 Å². The van der Waals surface area contributed by atoms with E-state index in [2.05, 4.69) is 15.1 Å². The Balaban J connectivity index is 1.12. The minimum Gasteiger partial charge on any atom is -0.488 e.